The molecule has 0 radical (unpaired) electrons. The van der Waals surface area contributed by atoms with Gasteiger partial charge in [0.1, 0.15) is 5.69 Å². The van der Waals surface area contributed by atoms with Crippen molar-refractivity contribution in [2.45, 2.75) is 51.9 Å². The minimum absolute atomic E-state index is 0.0591. The Bertz CT molecular complexity index is 1050. The van der Waals surface area contributed by atoms with Crippen LogP contribution in [-0.4, -0.2) is 31.6 Å². The van der Waals surface area contributed by atoms with Gasteiger partial charge in [0.25, 0.3) is 0 Å². The van der Waals surface area contributed by atoms with E-state index in [-0.39, 0.29) is 23.1 Å². The summed E-state index contributed by atoms with van der Waals surface area (Å²) in [5.74, 6) is -0.468. The van der Waals surface area contributed by atoms with E-state index >= 15 is 0 Å². The first kappa shape index (κ1) is 19.6. The molecule has 0 spiro atoms. The van der Waals surface area contributed by atoms with Crippen molar-refractivity contribution in [2.24, 2.45) is 5.41 Å². The molecule has 0 saturated carbocycles. The van der Waals surface area contributed by atoms with E-state index in [1.807, 2.05) is 20.8 Å². The fourth-order valence-electron chi connectivity index (χ4n) is 4.33. The zero-order chi connectivity index (χ0) is 21.3. The summed E-state index contributed by atoms with van der Waals surface area (Å²) < 4.78 is 41.5. The van der Waals surface area contributed by atoms with Gasteiger partial charge in [-0.25, -0.2) is 9.36 Å². The average molecular weight is 409 g/mol. The van der Waals surface area contributed by atoms with E-state index in [9.17, 15) is 27.9 Å². The maximum Gasteiger partial charge on any atom is 0.416 e. The van der Waals surface area contributed by atoms with E-state index in [0.29, 0.717) is 25.1 Å². The number of fused-ring (bicyclic) bond motifs is 5. The van der Waals surface area contributed by atoms with E-state index in [1.54, 1.807) is 4.90 Å². The number of aromatic hydroxyl groups is 1. The SMILES string of the molecule is CC(C)(C)CC(=O)N1CC2C[C@@H]1c1c(O)n(-c3cccc(C(F)(F)F)c3)c(=O)n12. The summed E-state index contributed by atoms with van der Waals surface area (Å²) in [5, 5.41) is 10.8. The van der Waals surface area contributed by atoms with Crippen LogP contribution in [-0.2, 0) is 11.0 Å². The number of benzene rings is 1. The normalized spacial score (nSPS) is 21.0. The lowest BCUT2D eigenvalue weighted by Crippen LogP contribution is -2.39. The number of imidazole rings is 1. The lowest BCUT2D eigenvalue weighted by molar-refractivity contribution is -0.137. The average Bonchev–Trinajstić information content (AvgIpc) is 3.24. The first-order chi connectivity index (χ1) is 13.4. The molecule has 2 bridgehead atoms. The summed E-state index contributed by atoms with van der Waals surface area (Å²) in [6.45, 7) is 6.22. The number of amides is 1. The number of alkyl halides is 3. The van der Waals surface area contributed by atoms with Crippen molar-refractivity contribution in [3.63, 3.8) is 0 Å². The Labute approximate surface area is 165 Å². The third-order valence-corrected chi connectivity index (χ3v) is 5.49. The summed E-state index contributed by atoms with van der Waals surface area (Å²) in [4.78, 5) is 27.3. The molecule has 9 heteroatoms. The van der Waals surface area contributed by atoms with Crippen LogP contribution in [0.5, 0.6) is 5.88 Å². The molecule has 4 rings (SSSR count). The van der Waals surface area contributed by atoms with E-state index in [0.717, 1.165) is 16.7 Å². The summed E-state index contributed by atoms with van der Waals surface area (Å²) >= 11 is 0. The molecular weight excluding hydrogens is 387 g/mol. The lowest BCUT2D eigenvalue weighted by atomic mass is 9.91. The number of likely N-dealkylation sites (tertiary alicyclic amines) is 1. The standard InChI is InChI=1S/C20H22F3N3O3/c1-19(2,3)9-15(27)24-10-13-8-14(24)16-17(28)26(18(29)25(13)16)12-6-4-5-11(7-12)20(21,22)23/h4-7,13-14,28H,8-10H2,1-3H3/t13?,14-/m1/s1. The van der Waals surface area contributed by atoms with Gasteiger partial charge < -0.3 is 10.0 Å². The van der Waals surface area contributed by atoms with E-state index in [1.165, 1.54) is 16.7 Å². The van der Waals surface area contributed by atoms with Gasteiger partial charge in [-0.2, -0.15) is 13.2 Å². The molecule has 1 saturated heterocycles. The highest BCUT2D eigenvalue weighted by Gasteiger charge is 2.49. The number of aromatic nitrogens is 2. The highest BCUT2D eigenvalue weighted by molar-refractivity contribution is 5.78. The van der Waals surface area contributed by atoms with Gasteiger partial charge in [0.15, 0.2) is 0 Å². The zero-order valence-electron chi connectivity index (χ0n) is 16.3. The van der Waals surface area contributed by atoms with Gasteiger partial charge in [-0.3, -0.25) is 9.36 Å². The van der Waals surface area contributed by atoms with Gasteiger partial charge in [-0.15, -0.1) is 0 Å². The number of hydrogen-bond acceptors (Lipinski definition) is 3. The highest BCUT2D eigenvalue weighted by Crippen LogP contribution is 2.49. The Morgan fingerprint density at radius 3 is 2.55 bits per heavy atom. The Hall–Kier alpha value is -2.71. The van der Waals surface area contributed by atoms with E-state index < -0.39 is 29.4 Å². The molecule has 1 N–H and O–H groups in total. The van der Waals surface area contributed by atoms with Crippen LogP contribution < -0.4 is 5.69 Å². The van der Waals surface area contributed by atoms with Crippen molar-refractivity contribution >= 4 is 5.91 Å². The zero-order valence-corrected chi connectivity index (χ0v) is 16.3. The molecule has 0 aliphatic carbocycles. The highest BCUT2D eigenvalue weighted by atomic mass is 19.4. The van der Waals surface area contributed by atoms with Gasteiger partial charge in [-0.1, -0.05) is 26.8 Å². The van der Waals surface area contributed by atoms with Crippen LogP contribution in [0.3, 0.4) is 0 Å². The Kier molecular flexibility index (Phi) is 4.15. The van der Waals surface area contributed by atoms with Gasteiger partial charge in [0, 0.05) is 13.0 Å². The predicted octanol–water partition coefficient (Wildman–Crippen LogP) is 3.63. The fraction of sp³-hybridized carbons (Fsp3) is 0.500. The molecule has 156 valence electrons. The smallest absolute Gasteiger partial charge is 0.416 e. The van der Waals surface area contributed by atoms with Crippen LogP contribution in [0.2, 0.25) is 0 Å². The summed E-state index contributed by atoms with van der Waals surface area (Å²) in [6.07, 6.45) is -3.71. The van der Waals surface area contributed by atoms with E-state index in [4.69, 9.17) is 0 Å². The monoisotopic (exact) mass is 409 g/mol. The van der Waals surface area contributed by atoms with Crippen LogP contribution in [0.15, 0.2) is 29.1 Å². The molecule has 2 aromatic rings. The number of carbonyl (C=O) groups is 1. The van der Waals surface area contributed by atoms with Crippen LogP contribution in [0.1, 0.15) is 57.0 Å². The number of halogens is 3. The summed E-state index contributed by atoms with van der Waals surface area (Å²) in [5.41, 5.74) is -1.46. The molecule has 29 heavy (non-hydrogen) atoms. The van der Waals surface area contributed by atoms with Crippen LogP contribution in [0, 0.1) is 5.41 Å². The number of carbonyl (C=O) groups excluding carboxylic acids is 1. The van der Waals surface area contributed by atoms with Crippen molar-refractivity contribution in [1.82, 2.24) is 14.0 Å². The van der Waals surface area contributed by atoms with Crippen LogP contribution >= 0.6 is 0 Å². The summed E-state index contributed by atoms with van der Waals surface area (Å²) in [7, 11) is 0. The Morgan fingerprint density at radius 1 is 1.24 bits per heavy atom. The molecule has 1 aromatic heterocycles. The number of rotatable bonds is 2. The number of nitrogens with zero attached hydrogens (tertiary/aromatic N) is 3. The van der Waals surface area contributed by atoms with Gasteiger partial charge in [0.2, 0.25) is 11.8 Å². The first-order valence-corrected chi connectivity index (χ1v) is 9.41. The van der Waals surface area contributed by atoms with Crippen molar-refractivity contribution in [3.8, 4) is 11.6 Å². The van der Waals surface area contributed by atoms with Gasteiger partial charge in [-0.05, 0) is 30.0 Å². The van der Waals surface area contributed by atoms with Crippen molar-refractivity contribution in [2.75, 3.05) is 6.54 Å². The second-order valence-corrected chi connectivity index (χ2v) is 8.93. The molecule has 1 aromatic carbocycles. The Morgan fingerprint density at radius 2 is 1.93 bits per heavy atom. The van der Waals surface area contributed by atoms with Crippen molar-refractivity contribution < 1.29 is 23.1 Å². The molecule has 1 amide bonds. The topological polar surface area (TPSA) is 67.5 Å². The lowest BCUT2D eigenvalue weighted by Gasteiger charge is -2.30. The van der Waals surface area contributed by atoms with E-state index in [2.05, 4.69) is 0 Å². The van der Waals surface area contributed by atoms with Crippen molar-refractivity contribution in [1.29, 1.82) is 0 Å². The third-order valence-electron chi connectivity index (χ3n) is 5.49. The molecule has 2 aliphatic rings. The van der Waals surface area contributed by atoms with Gasteiger partial charge in [0.05, 0.1) is 23.3 Å². The maximum absolute atomic E-state index is 13.1. The molecule has 1 fully saturated rings. The predicted molar refractivity (Wildman–Crippen MR) is 98.9 cm³/mol. The Balaban J connectivity index is 1.75. The van der Waals surface area contributed by atoms with Crippen LogP contribution in [0.25, 0.3) is 5.69 Å². The molecule has 3 heterocycles. The quantitative estimate of drug-likeness (QED) is 0.824. The second-order valence-electron chi connectivity index (χ2n) is 8.93. The minimum atomic E-state index is -4.56. The minimum Gasteiger partial charge on any atom is -0.493 e. The first-order valence-electron chi connectivity index (χ1n) is 9.41. The molecular formula is C20H22F3N3O3. The second kappa shape index (κ2) is 6.14. The maximum atomic E-state index is 13.1. The number of hydrogen-bond donors (Lipinski definition) is 1. The van der Waals surface area contributed by atoms with Crippen LogP contribution in [0.4, 0.5) is 13.2 Å². The molecule has 2 aliphatic heterocycles. The largest absolute Gasteiger partial charge is 0.493 e. The molecule has 1 unspecified atom stereocenters. The molecule has 6 nitrogen and oxygen atoms in total. The van der Waals surface area contributed by atoms with Gasteiger partial charge >= 0.3 is 11.9 Å². The third kappa shape index (κ3) is 3.12. The molecule has 2 atom stereocenters. The van der Waals surface area contributed by atoms with Crippen molar-refractivity contribution in [3.05, 3.63) is 46.0 Å². The fourth-order valence-corrected chi connectivity index (χ4v) is 4.33. The summed E-state index contributed by atoms with van der Waals surface area (Å²) in [6, 6.07) is 3.54.